The van der Waals surface area contributed by atoms with E-state index in [9.17, 15) is 14.0 Å². The number of nitrogens with zero attached hydrogens (tertiary/aromatic N) is 1. The maximum Gasteiger partial charge on any atom is 0.270 e. The lowest BCUT2D eigenvalue weighted by Crippen LogP contribution is -2.42. The van der Waals surface area contributed by atoms with Crippen LogP contribution in [-0.2, 0) is 11.2 Å². The number of nitrogens with one attached hydrogen (secondary N) is 2. The first-order valence-corrected chi connectivity index (χ1v) is 8.76. The molecule has 0 radical (unpaired) electrons. The van der Waals surface area contributed by atoms with Crippen LogP contribution in [0.1, 0.15) is 16.1 Å². The maximum absolute atomic E-state index is 12.9. The summed E-state index contributed by atoms with van der Waals surface area (Å²) in [5, 5.41) is 5.94. The fraction of sp³-hybridized carbons (Fsp3) is 0.0625. The van der Waals surface area contributed by atoms with Gasteiger partial charge < -0.3 is 0 Å². The molecule has 0 atom stereocenters. The predicted molar refractivity (Wildman–Crippen MR) is 91.1 cm³/mol. The molecule has 3 aromatic rings. The Hall–Kier alpha value is -2.58. The van der Waals surface area contributed by atoms with Crippen molar-refractivity contribution in [3.05, 3.63) is 63.5 Å². The topological polar surface area (TPSA) is 71.1 Å². The highest BCUT2D eigenvalue weighted by atomic mass is 32.1. The van der Waals surface area contributed by atoms with Crippen molar-refractivity contribution in [2.24, 2.45) is 0 Å². The Labute approximate surface area is 145 Å². The monoisotopic (exact) mass is 361 g/mol. The summed E-state index contributed by atoms with van der Waals surface area (Å²) in [5.41, 5.74) is 6.58. The molecule has 0 saturated heterocycles. The maximum atomic E-state index is 12.9. The number of hydrazine groups is 1. The van der Waals surface area contributed by atoms with Crippen LogP contribution in [0.15, 0.2) is 46.5 Å². The Balaban J connectivity index is 1.55. The SMILES string of the molecule is O=C(Cc1csc(-c2ccc(F)cc2)n1)NNC(=O)c1ccsc1. The van der Waals surface area contributed by atoms with E-state index >= 15 is 0 Å². The number of halogens is 1. The minimum absolute atomic E-state index is 0.0433. The van der Waals surface area contributed by atoms with Crippen molar-refractivity contribution in [3.8, 4) is 10.6 Å². The second-order valence-corrected chi connectivity index (χ2v) is 6.48. The van der Waals surface area contributed by atoms with Gasteiger partial charge in [0.05, 0.1) is 17.7 Å². The third-order valence-corrected chi connectivity index (χ3v) is 4.71. The lowest BCUT2D eigenvalue weighted by atomic mass is 10.2. The van der Waals surface area contributed by atoms with Crippen LogP contribution in [-0.4, -0.2) is 16.8 Å². The molecular weight excluding hydrogens is 349 g/mol. The van der Waals surface area contributed by atoms with Gasteiger partial charge in [-0.1, -0.05) is 0 Å². The Bertz CT molecular complexity index is 845. The smallest absolute Gasteiger partial charge is 0.270 e. The molecule has 8 heteroatoms. The molecule has 2 amide bonds. The summed E-state index contributed by atoms with van der Waals surface area (Å²) in [4.78, 5) is 27.9. The summed E-state index contributed by atoms with van der Waals surface area (Å²) in [5.74, 6) is -1.04. The van der Waals surface area contributed by atoms with E-state index in [0.29, 0.717) is 16.3 Å². The first kappa shape index (κ1) is 16.3. The van der Waals surface area contributed by atoms with Crippen molar-refractivity contribution < 1.29 is 14.0 Å². The van der Waals surface area contributed by atoms with E-state index in [1.807, 2.05) is 0 Å². The highest BCUT2D eigenvalue weighted by molar-refractivity contribution is 7.13. The van der Waals surface area contributed by atoms with Gasteiger partial charge in [0.25, 0.3) is 5.91 Å². The zero-order valence-corrected chi connectivity index (χ0v) is 13.9. The van der Waals surface area contributed by atoms with Crippen molar-refractivity contribution >= 4 is 34.5 Å². The summed E-state index contributed by atoms with van der Waals surface area (Å²) >= 11 is 2.77. The number of rotatable bonds is 4. The Morgan fingerprint density at radius 1 is 1.08 bits per heavy atom. The molecule has 1 aromatic carbocycles. The van der Waals surface area contributed by atoms with E-state index in [2.05, 4.69) is 15.8 Å². The second kappa shape index (κ2) is 7.33. The molecule has 0 unspecified atom stereocenters. The number of hydrogen-bond donors (Lipinski definition) is 2. The summed E-state index contributed by atoms with van der Waals surface area (Å²) in [6.07, 6.45) is 0.0433. The molecule has 0 aliphatic carbocycles. The minimum atomic E-state index is -0.366. The van der Waals surface area contributed by atoms with E-state index < -0.39 is 0 Å². The van der Waals surface area contributed by atoms with Crippen molar-refractivity contribution in [3.63, 3.8) is 0 Å². The van der Waals surface area contributed by atoms with Gasteiger partial charge in [-0.2, -0.15) is 11.3 Å². The van der Waals surface area contributed by atoms with E-state index in [0.717, 1.165) is 5.56 Å². The fourth-order valence-electron chi connectivity index (χ4n) is 1.91. The molecule has 2 aromatic heterocycles. The van der Waals surface area contributed by atoms with E-state index in [-0.39, 0.29) is 24.1 Å². The van der Waals surface area contributed by atoms with Crippen LogP contribution in [0.2, 0.25) is 0 Å². The van der Waals surface area contributed by atoms with Gasteiger partial charge in [-0.15, -0.1) is 11.3 Å². The molecule has 122 valence electrons. The van der Waals surface area contributed by atoms with Crippen LogP contribution < -0.4 is 10.9 Å². The number of carbonyl (C=O) groups excluding carboxylic acids is 2. The van der Waals surface area contributed by atoms with Gasteiger partial charge in [0, 0.05) is 16.3 Å². The van der Waals surface area contributed by atoms with Gasteiger partial charge >= 0.3 is 0 Å². The average Bonchev–Trinajstić information content (AvgIpc) is 3.25. The average molecular weight is 361 g/mol. The molecule has 0 saturated carbocycles. The Morgan fingerprint density at radius 2 is 1.88 bits per heavy atom. The van der Waals surface area contributed by atoms with Crippen LogP contribution in [0.5, 0.6) is 0 Å². The molecule has 0 aliphatic rings. The standard InChI is InChI=1S/C16H12FN3O2S2/c17-12-3-1-10(2-4-12)16-18-13(9-24-16)7-14(21)19-20-15(22)11-5-6-23-8-11/h1-6,8-9H,7H2,(H,19,21)(H,20,22). The predicted octanol–water partition coefficient (Wildman–Crippen LogP) is 3.01. The number of amides is 2. The summed E-state index contributed by atoms with van der Waals surface area (Å²) in [7, 11) is 0. The third kappa shape index (κ3) is 4.03. The lowest BCUT2D eigenvalue weighted by molar-refractivity contribution is -0.121. The highest BCUT2D eigenvalue weighted by Gasteiger charge is 2.11. The molecule has 24 heavy (non-hydrogen) atoms. The molecule has 2 heterocycles. The van der Waals surface area contributed by atoms with Crippen molar-refractivity contribution in [2.75, 3.05) is 0 Å². The first-order valence-electron chi connectivity index (χ1n) is 6.93. The number of thiazole rings is 1. The van der Waals surface area contributed by atoms with Crippen LogP contribution in [0.4, 0.5) is 4.39 Å². The number of hydrogen-bond acceptors (Lipinski definition) is 5. The molecule has 0 fully saturated rings. The zero-order valence-electron chi connectivity index (χ0n) is 12.3. The van der Waals surface area contributed by atoms with Gasteiger partial charge in [0.2, 0.25) is 5.91 Å². The molecule has 0 bridgehead atoms. The Morgan fingerprint density at radius 3 is 2.58 bits per heavy atom. The number of thiophene rings is 1. The van der Waals surface area contributed by atoms with Crippen LogP contribution >= 0.6 is 22.7 Å². The van der Waals surface area contributed by atoms with Crippen molar-refractivity contribution in [2.45, 2.75) is 6.42 Å². The quantitative estimate of drug-likeness (QED) is 0.702. The molecule has 2 N–H and O–H groups in total. The van der Waals surface area contributed by atoms with Crippen molar-refractivity contribution in [1.82, 2.24) is 15.8 Å². The minimum Gasteiger partial charge on any atom is -0.273 e. The van der Waals surface area contributed by atoms with Gasteiger partial charge in [0.1, 0.15) is 10.8 Å². The van der Waals surface area contributed by atoms with E-state index in [4.69, 9.17) is 0 Å². The number of carbonyl (C=O) groups is 2. The Kier molecular flexibility index (Phi) is 4.97. The van der Waals surface area contributed by atoms with Crippen LogP contribution in [0.25, 0.3) is 10.6 Å². The van der Waals surface area contributed by atoms with Gasteiger partial charge in [-0.3, -0.25) is 20.4 Å². The van der Waals surface area contributed by atoms with Crippen LogP contribution in [0.3, 0.4) is 0 Å². The number of aromatic nitrogens is 1. The number of benzene rings is 1. The largest absolute Gasteiger partial charge is 0.273 e. The molecule has 0 aliphatic heterocycles. The molecular formula is C16H12FN3O2S2. The van der Waals surface area contributed by atoms with Crippen LogP contribution in [0, 0.1) is 5.82 Å². The molecule has 0 spiro atoms. The zero-order chi connectivity index (χ0) is 16.9. The third-order valence-electron chi connectivity index (χ3n) is 3.08. The second-order valence-electron chi connectivity index (χ2n) is 4.84. The van der Waals surface area contributed by atoms with Gasteiger partial charge in [-0.05, 0) is 35.7 Å². The normalized spacial score (nSPS) is 10.4. The van der Waals surface area contributed by atoms with Gasteiger partial charge in [0.15, 0.2) is 0 Å². The fourth-order valence-corrected chi connectivity index (χ4v) is 3.38. The summed E-state index contributed by atoms with van der Waals surface area (Å²) in [6.45, 7) is 0. The highest BCUT2D eigenvalue weighted by Crippen LogP contribution is 2.24. The summed E-state index contributed by atoms with van der Waals surface area (Å²) in [6, 6.07) is 7.67. The molecule has 5 nitrogen and oxygen atoms in total. The van der Waals surface area contributed by atoms with Crippen molar-refractivity contribution in [1.29, 1.82) is 0 Å². The first-order chi connectivity index (χ1) is 11.6. The van der Waals surface area contributed by atoms with E-state index in [1.54, 1.807) is 34.3 Å². The van der Waals surface area contributed by atoms with Gasteiger partial charge in [-0.25, -0.2) is 9.37 Å². The summed E-state index contributed by atoms with van der Waals surface area (Å²) < 4.78 is 12.9. The molecule has 3 rings (SSSR count). The van der Waals surface area contributed by atoms with E-state index in [1.165, 1.54) is 34.8 Å². The lowest BCUT2D eigenvalue weighted by Gasteiger charge is -2.05.